The zero-order chi connectivity index (χ0) is 10.3. The predicted molar refractivity (Wildman–Crippen MR) is 53.4 cm³/mol. The van der Waals surface area contributed by atoms with Gasteiger partial charge in [-0.3, -0.25) is 4.79 Å². The minimum absolute atomic E-state index is 0.0124. The van der Waals surface area contributed by atoms with Gasteiger partial charge in [0.05, 0.1) is 0 Å². The van der Waals surface area contributed by atoms with E-state index in [1.807, 2.05) is 13.8 Å². The van der Waals surface area contributed by atoms with Gasteiger partial charge in [-0.2, -0.15) is 0 Å². The van der Waals surface area contributed by atoms with Crippen LogP contribution < -0.4 is 5.32 Å². The summed E-state index contributed by atoms with van der Waals surface area (Å²) < 4.78 is 0. The Kier molecular flexibility index (Phi) is 5.39. The van der Waals surface area contributed by atoms with Crippen LogP contribution in [-0.4, -0.2) is 23.2 Å². The van der Waals surface area contributed by atoms with E-state index in [0.717, 1.165) is 0 Å². The van der Waals surface area contributed by atoms with Gasteiger partial charge in [-0.05, 0) is 26.7 Å². The minimum Gasteiger partial charge on any atom is -0.396 e. The molecule has 0 fully saturated rings. The van der Waals surface area contributed by atoms with Crippen molar-refractivity contribution in [2.45, 2.75) is 38.6 Å². The first-order chi connectivity index (χ1) is 6.02. The van der Waals surface area contributed by atoms with E-state index >= 15 is 0 Å². The molecule has 76 valence electrons. The molecule has 0 saturated heterocycles. The van der Waals surface area contributed by atoms with E-state index in [-0.39, 0.29) is 18.1 Å². The van der Waals surface area contributed by atoms with E-state index in [2.05, 4.69) is 11.9 Å². The molecule has 0 bridgehead atoms. The molecule has 0 heterocycles. The molecule has 3 nitrogen and oxygen atoms in total. The summed E-state index contributed by atoms with van der Waals surface area (Å²) in [5.41, 5.74) is -0.312. The topological polar surface area (TPSA) is 49.3 Å². The van der Waals surface area contributed by atoms with Gasteiger partial charge in [-0.1, -0.05) is 6.08 Å². The lowest BCUT2D eigenvalue weighted by molar-refractivity contribution is -0.122. The highest BCUT2D eigenvalue weighted by atomic mass is 16.3. The van der Waals surface area contributed by atoms with Crippen molar-refractivity contribution in [3.05, 3.63) is 12.7 Å². The van der Waals surface area contributed by atoms with Crippen LogP contribution in [0.15, 0.2) is 12.7 Å². The molecule has 0 aromatic heterocycles. The van der Waals surface area contributed by atoms with Crippen LogP contribution in [0.4, 0.5) is 0 Å². The predicted octanol–water partition coefficient (Wildman–Crippen LogP) is 1.23. The maximum absolute atomic E-state index is 11.3. The van der Waals surface area contributed by atoms with Crippen LogP contribution >= 0.6 is 0 Å². The molecule has 0 aliphatic rings. The largest absolute Gasteiger partial charge is 0.396 e. The molecule has 0 aliphatic carbocycles. The maximum atomic E-state index is 11.3. The molecule has 3 heteroatoms. The fourth-order valence-electron chi connectivity index (χ4n) is 1.02. The fourth-order valence-corrected chi connectivity index (χ4v) is 1.02. The Morgan fingerprint density at radius 2 is 2.23 bits per heavy atom. The van der Waals surface area contributed by atoms with Gasteiger partial charge in [0.2, 0.25) is 5.91 Å². The van der Waals surface area contributed by atoms with Gasteiger partial charge in [0, 0.05) is 18.6 Å². The standard InChI is InChI=1S/C10H19NO2/c1-4-5-6-9(13)11-10(2,3)7-8-12/h4,12H,1,5-8H2,2-3H3,(H,11,13). The quantitative estimate of drug-likeness (QED) is 0.611. The average Bonchev–Trinajstić information content (AvgIpc) is 1.99. The Morgan fingerprint density at radius 3 is 2.69 bits per heavy atom. The molecular formula is C10H19NO2. The average molecular weight is 185 g/mol. The van der Waals surface area contributed by atoms with Gasteiger partial charge in [-0.15, -0.1) is 6.58 Å². The van der Waals surface area contributed by atoms with E-state index in [4.69, 9.17) is 5.11 Å². The van der Waals surface area contributed by atoms with Crippen molar-refractivity contribution in [3.63, 3.8) is 0 Å². The van der Waals surface area contributed by atoms with E-state index in [1.165, 1.54) is 0 Å². The van der Waals surface area contributed by atoms with Gasteiger partial charge in [0.15, 0.2) is 0 Å². The smallest absolute Gasteiger partial charge is 0.220 e. The number of allylic oxidation sites excluding steroid dienone is 1. The number of hydrogen-bond acceptors (Lipinski definition) is 2. The Balaban J connectivity index is 3.81. The lowest BCUT2D eigenvalue weighted by Crippen LogP contribution is -2.43. The second-order valence-electron chi connectivity index (χ2n) is 3.73. The van der Waals surface area contributed by atoms with Crippen LogP contribution in [0.5, 0.6) is 0 Å². The molecule has 13 heavy (non-hydrogen) atoms. The third-order valence-corrected chi connectivity index (χ3v) is 1.79. The number of amides is 1. The normalized spacial score (nSPS) is 11.0. The number of nitrogens with one attached hydrogen (secondary N) is 1. The Morgan fingerprint density at radius 1 is 1.62 bits per heavy atom. The number of hydrogen-bond donors (Lipinski definition) is 2. The van der Waals surface area contributed by atoms with Crippen molar-refractivity contribution in [2.24, 2.45) is 0 Å². The Hall–Kier alpha value is -0.830. The Labute approximate surface area is 79.8 Å². The number of aliphatic hydroxyl groups excluding tert-OH is 1. The monoisotopic (exact) mass is 185 g/mol. The summed E-state index contributed by atoms with van der Waals surface area (Å²) in [5, 5.41) is 11.6. The van der Waals surface area contributed by atoms with E-state index in [1.54, 1.807) is 6.08 Å². The molecule has 0 atom stereocenters. The van der Waals surface area contributed by atoms with Crippen LogP contribution in [0.25, 0.3) is 0 Å². The third kappa shape index (κ3) is 6.34. The summed E-state index contributed by atoms with van der Waals surface area (Å²) in [7, 11) is 0. The molecule has 0 saturated carbocycles. The summed E-state index contributed by atoms with van der Waals surface area (Å²) in [6, 6.07) is 0. The number of rotatable bonds is 6. The SMILES string of the molecule is C=CCCC(=O)NC(C)(C)CCO. The van der Waals surface area contributed by atoms with Crippen molar-refractivity contribution < 1.29 is 9.90 Å². The second-order valence-corrected chi connectivity index (χ2v) is 3.73. The van der Waals surface area contributed by atoms with Gasteiger partial charge in [-0.25, -0.2) is 0 Å². The highest BCUT2D eigenvalue weighted by Gasteiger charge is 2.18. The third-order valence-electron chi connectivity index (χ3n) is 1.79. The van der Waals surface area contributed by atoms with Crippen molar-refractivity contribution in [1.82, 2.24) is 5.32 Å². The maximum Gasteiger partial charge on any atom is 0.220 e. The lowest BCUT2D eigenvalue weighted by atomic mass is 10.0. The summed E-state index contributed by atoms with van der Waals surface area (Å²) in [6.45, 7) is 7.43. The van der Waals surface area contributed by atoms with Crippen molar-refractivity contribution in [1.29, 1.82) is 0 Å². The minimum atomic E-state index is -0.312. The number of carbonyl (C=O) groups is 1. The molecule has 0 aromatic carbocycles. The first kappa shape index (κ1) is 12.2. The van der Waals surface area contributed by atoms with E-state index in [0.29, 0.717) is 19.3 Å². The van der Waals surface area contributed by atoms with Gasteiger partial charge < -0.3 is 10.4 Å². The highest BCUT2D eigenvalue weighted by molar-refractivity contribution is 5.76. The van der Waals surface area contributed by atoms with Crippen molar-refractivity contribution >= 4 is 5.91 Å². The molecular weight excluding hydrogens is 166 g/mol. The van der Waals surface area contributed by atoms with Crippen LogP contribution in [0, 0.1) is 0 Å². The van der Waals surface area contributed by atoms with Gasteiger partial charge >= 0.3 is 0 Å². The molecule has 0 spiro atoms. The van der Waals surface area contributed by atoms with Crippen LogP contribution in [0.1, 0.15) is 33.1 Å². The number of aliphatic hydroxyl groups is 1. The molecule has 2 N–H and O–H groups in total. The van der Waals surface area contributed by atoms with Crippen LogP contribution in [-0.2, 0) is 4.79 Å². The van der Waals surface area contributed by atoms with Gasteiger partial charge in [0.1, 0.15) is 0 Å². The molecule has 0 radical (unpaired) electrons. The van der Waals surface area contributed by atoms with Gasteiger partial charge in [0.25, 0.3) is 0 Å². The van der Waals surface area contributed by atoms with Crippen LogP contribution in [0.2, 0.25) is 0 Å². The van der Waals surface area contributed by atoms with E-state index in [9.17, 15) is 4.79 Å². The zero-order valence-corrected chi connectivity index (χ0v) is 8.47. The molecule has 0 aliphatic heterocycles. The highest BCUT2D eigenvalue weighted by Crippen LogP contribution is 2.07. The van der Waals surface area contributed by atoms with E-state index < -0.39 is 0 Å². The zero-order valence-electron chi connectivity index (χ0n) is 8.47. The summed E-state index contributed by atoms with van der Waals surface area (Å²) in [5.74, 6) is 0.0124. The molecule has 0 aromatic rings. The number of carbonyl (C=O) groups excluding carboxylic acids is 1. The summed E-state index contributed by atoms with van der Waals surface area (Å²) in [4.78, 5) is 11.3. The van der Waals surface area contributed by atoms with Crippen molar-refractivity contribution in [2.75, 3.05) is 6.61 Å². The first-order valence-corrected chi connectivity index (χ1v) is 4.54. The Bertz CT molecular complexity index is 176. The lowest BCUT2D eigenvalue weighted by Gasteiger charge is -2.25. The first-order valence-electron chi connectivity index (χ1n) is 4.54. The molecule has 0 rings (SSSR count). The summed E-state index contributed by atoms with van der Waals surface area (Å²) in [6.07, 6.45) is 3.46. The molecule has 1 amide bonds. The second kappa shape index (κ2) is 5.75. The van der Waals surface area contributed by atoms with Crippen LogP contribution in [0.3, 0.4) is 0 Å². The summed E-state index contributed by atoms with van der Waals surface area (Å²) >= 11 is 0. The van der Waals surface area contributed by atoms with Crippen molar-refractivity contribution in [3.8, 4) is 0 Å². The fraction of sp³-hybridized carbons (Fsp3) is 0.700. The molecule has 0 unspecified atom stereocenters.